The predicted octanol–water partition coefficient (Wildman–Crippen LogP) is 2.95. The minimum Gasteiger partial charge on any atom is -0.497 e. The molecule has 3 rings (SSSR count). The van der Waals surface area contributed by atoms with E-state index in [9.17, 15) is 9.18 Å². The highest BCUT2D eigenvalue weighted by atomic mass is 32.2. The van der Waals surface area contributed by atoms with Crippen molar-refractivity contribution in [3.63, 3.8) is 0 Å². The van der Waals surface area contributed by atoms with Gasteiger partial charge in [0.15, 0.2) is 11.0 Å². The Morgan fingerprint density at radius 2 is 1.86 bits per heavy atom. The fourth-order valence-electron chi connectivity index (χ4n) is 2.43. The minimum absolute atomic E-state index is 0.145. The van der Waals surface area contributed by atoms with Gasteiger partial charge in [-0.25, -0.2) is 4.39 Å². The van der Waals surface area contributed by atoms with Gasteiger partial charge in [0.25, 0.3) is 0 Å². The molecule has 1 heterocycles. The highest BCUT2D eigenvalue weighted by molar-refractivity contribution is 7.99. The normalized spacial score (nSPS) is 10.6. The van der Waals surface area contributed by atoms with Crippen molar-refractivity contribution in [1.29, 1.82) is 0 Å². The molecule has 1 aromatic heterocycles. The van der Waals surface area contributed by atoms with Crippen molar-refractivity contribution < 1.29 is 18.7 Å². The van der Waals surface area contributed by atoms with Crippen LogP contribution in [0, 0.1) is 5.82 Å². The number of ether oxygens (including phenoxy) is 2. The summed E-state index contributed by atoms with van der Waals surface area (Å²) in [6, 6.07) is 13.6. The zero-order valence-corrected chi connectivity index (χ0v) is 16.9. The Bertz CT molecular complexity index is 963. The molecule has 0 unspecified atom stereocenters. The first-order chi connectivity index (χ1) is 14.1. The molecular weight excluding hydrogens is 395 g/mol. The number of nitrogens with one attached hydrogen (secondary N) is 1. The van der Waals surface area contributed by atoms with Crippen molar-refractivity contribution >= 4 is 17.7 Å². The van der Waals surface area contributed by atoms with Crippen molar-refractivity contribution in [3.8, 4) is 11.5 Å². The molecule has 1 N–H and O–H groups in total. The second kappa shape index (κ2) is 9.92. The van der Waals surface area contributed by atoms with E-state index in [-0.39, 0.29) is 30.6 Å². The van der Waals surface area contributed by atoms with Gasteiger partial charge in [-0.1, -0.05) is 30.0 Å². The Hall–Kier alpha value is -3.07. The maximum Gasteiger partial charge on any atom is 0.230 e. The number of amides is 1. The second-order valence-electron chi connectivity index (χ2n) is 6.08. The van der Waals surface area contributed by atoms with Crippen LogP contribution in [0.3, 0.4) is 0 Å². The molecule has 0 aliphatic heterocycles. The second-order valence-corrected chi connectivity index (χ2v) is 7.02. The van der Waals surface area contributed by atoms with Crippen LogP contribution in [0.2, 0.25) is 0 Å². The molecule has 0 aliphatic carbocycles. The van der Waals surface area contributed by atoms with Crippen LogP contribution >= 0.6 is 11.8 Å². The summed E-state index contributed by atoms with van der Waals surface area (Å²) in [5, 5.41) is 11.5. The zero-order chi connectivity index (χ0) is 20.6. The molecule has 9 heteroatoms. The van der Waals surface area contributed by atoms with Crippen molar-refractivity contribution in [2.45, 2.75) is 18.3 Å². The van der Waals surface area contributed by atoms with Gasteiger partial charge < -0.3 is 19.4 Å². The van der Waals surface area contributed by atoms with E-state index in [1.165, 1.54) is 17.8 Å². The lowest BCUT2D eigenvalue weighted by atomic mass is 10.2. The summed E-state index contributed by atoms with van der Waals surface area (Å²) < 4.78 is 26.2. The summed E-state index contributed by atoms with van der Waals surface area (Å²) in [7, 11) is 3.42. The van der Waals surface area contributed by atoms with Crippen LogP contribution in [-0.2, 0) is 25.0 Å². The Labute approximate surface area is 172 Å². The van der Waals surface area contributed by atoms with Gasteiger partial charge in [-0.15, -0.1) is 10.2 Å². The number of methoxy groups -OCH3 is 1. The number of nitrogens with zero attached hydrogens (tertiary/aromatic N) is 3. The number of rotatable bonds is 9. The summed E-state index contributed by atoms with van der Waals surface area (Å²) in [4.78, 5) is 12.0. The van der Waals surface area contributed by atoms with Gasteiger partial charge in [0.2, 0.25) is 5.91 Å². The molecule has 7 nitrogen and oxygen atoms in total. The summed E-state index contributed by atoms with van der Waals surface area (Å²) in [5.41, 5.74) is 0.447. The van der Waals surface area contributed by atoms with Crippen LogP contribution in [0.15, 0.2) is 53.7 Å². The number of hydrogen-bond acceptors (Lipinski definition) is 6. The Morgan fingerprint density at radius 1 is 1.14 bits per heavy atom. The van der Waals surface area contributed by atoms with Crippen LogP contribution in [0.1, 0.15) is 11.4 Å². The lowest BCUT2D eigenvalue weighted by molar-refractivity contribution is -0.118. The zero-order valence-electron chi connectivity index (χ0n) is 16.1. The molecule has 0 fully saturated rings. The van der Waals surface area contributed by atoms with Gasteiger partial charge in [-0.05, 0) is 30.3 Å². The lowest BCUT2D eigenvalue weighted by Gasteiger charge is -2.08. The van der Waals surface area contributed by atoms with E-state index in [1.807, 2.05) is 31.3 Å². The summed E-state index contributed by atoms with van der Waals surface area (Å²) in [6.07, 6.45) is 0. The number of aromatic nitrogens is 3. The Morgan fingerprint density at radius 3 is 2.59 bits per heavy atom. The van der Waals surface area contributed by atoms with Crippen molar-refractivity contribution in [1.82, 2.24) is 20.1 Å². The summed E-state index contributed by atoms with van der Waals surface area (Å²) in [6.45, 7) is 0.391. The fourth-order valence-corrected chi connectivity index (χ4v) is 3.19. The number of benzene rings is 2. The third-order valence-electron chi connectivity index (χ3n) is 4.12. The molecule has 0 radical (unpaired) electrons. The van der Waals surface area contributed by atoms with E-state index in [4.69, 9.17) is 9.47 Å². The molecule has 0 bridgehead atoms. The first-order valence-electron chi connectivity index (χ1n) is 8.85. The average molecular weight is 416 g/mol. The molecule has 0 aliphatic rings. The first-order valence-corrected chi connectivity index (χ1v) is 9.83. The van der Waals surface area contributed by atoms with E-state index in [0.717, 1.165) is 5.75 Å². The van der Waals surface area contributed by atoms with E-state index < -0.39 is 0 Å². The SMILES string of the molecule is COc1ccc(OCc2nnc(SCC(=O)NCc3ccccc3F)n2C)cc1. The number of thioether (sulfide) groups is 1. The lowest BCUT2D eigenvalue weighted by Crippen LogP contribution is -2.25. The highest BCUT2D eigenvalue weighted by Gasteiger charge is 2.12. The third kappa shape index (κ3) is 5.71. The topological polar surface area (TPSA) is 78.3 Å². The maximum atomic E-state index is 13.6. The first kappa shape index (κ1) is 20.7. The largest absolute Gasteiger partial charge is 0.497 e. The monoisotopic (exact) mass is 416 g/mol. The number of carbonyl (C=O) groups excluding carboxylic acids is 1. The predicted molar refractivity (Wildman–Crippen MR) is 107 cm³/mol. The number of halogens is 1. The van der Waals surface area contributed by atoms with Crippen LogP contribution in [0.4, 0.5) is 4.39 Å². The maximum absolute atomic E-state index is 13.6. The van der Waals surface area contributed by atoms with Gasteiger partial charge in [-0.2, -0.15) is 0 Å². The van der Waals surface area contributed by atoms with Gasteiger partial charge >= 0.3 is 0 Å². The smallest absolute Gasteiger partial charge is 0.230 e. The average Bonchev–Trinajstić information content (AvgIpc) is 3.10. The van der Waals surface area contributed by atoms with Gasteiger partial charge in [-0.3, -0.25) is 4.79 Å². The molecule has 2 aromatic carbocycles. The van der Waals surface area contributed by atoms with E-state index >= 15 is 0 Å². The van der Waals surface area contributed by atoms with Gasteiger partial charge in [0.05, 0.1) is 12.9 Å². The van der Waals surface area contributed by atoms with Crippen molar-refractivity contribution in [2.75, 3.05) is 12.9 Å². The third-order valence-corrected chi connectivity index (χ3v) is 5.14. The highest BCUT2D eigenvalue weighted by Crippen LogP contribution is 2.19. The Kier molecular flexibility index (Phi) is 7.07. The van der Waals surface area contributed by atoms with E-state index in [1.54, 1.807) is 29.9 Å². The van der Waals surface area contributed by atoms with Crippen LogP contribution < -0.4 is 14.8 Å². The summed E-state index contributed by atoms with van der Waals surface area (Å²) in [5.74, 6) is 1.68. The molecular formula is C20H21FN4O3S. The van der Waals surface area contributed by atoms with E-state index in [2.05, 4.69) is 15.5 Å². The molecule has 0 spiro atoms. The van der Waals surface area contributed by atoms with Crippen LogP contribution in [0.25, 0.3) is 0 Å². The fraction of sp³-hybridized carbons (Fsp3) is 0.250. The molecule has 29 heavy (non-hydrogen) atoms. The standard InChI is InChI=1S/C20H21FN4O3S/c1-25-18(12-28-16-9-7-15(27-2)8-10-16)23-24-20(25)29-13-19(26)22-11-14-5-3-4-6-17(14)21/h3-10H,11-13H2,1-2H3,(H,22,26). The number of carbonyl (C=O) groups is 1. The van der Waals surface area contributed by atoms with Crippen LogP contribution in [-0.4, -0.2) is 33.5 Å². The van der Waals surface area contributed by atoms with Crippen molar-refractivity contribution in [2.24, 2.45) is 7.05 Å². The number of hydrogen-bond donors (Lipinski definition) is 1. The minimum atomic E-state index is -0.338. The molecule has 1 amide bonds. The molecule has 152 valence electrons. The molecule has 0 saturated carbocycles. The summed E-state index contributed by atoms with van der Waals surface area (Å²) >= 11 is 1.25. The molecule has 3 aromatic rings. The molecule has 0 saturated heterocycles. The van der Waals surface area contributed by atoms with Gasteiger partial charge in [0, 0.05) is 19.2 Å². The van der Waals surface area contributed by atoms with Crippen LogP contribution in [0.5, 0.6) is 11.5 Å². The quantitative estimate of drug-likeness (QED) is 0.541. The van der Waals surface area contributed by atoms with Gasteiger partial charge in [0.1, 0.15) is 23.9 Å². The Balaban J connectivity index is 1.47. The van der Waals surface area contributed by atoms with Crippen molar-refractivity contribution in [3.05, 3.63) is 65.7 Å². The van der Waals surface area contributed by atoms with E-state index in [0.29, 0.717) is 22.3 Å². The molecule has 0 atom stereocenters.